The van der Waals surface area contributed by atoms with E-state index in [2.05, 4.69) is 4.74 Å². The summed E-state index contributed by atoms with van der Waals surface area (Å²) in [4.78, 5) is 14.3. The lowest BCUT2D eigenvalue weighted by molar-refractivity contribution is -0.0550. The van der Waals surface area contributed by atoms with E-state index in [1.807, 2.05) is 25.7 Å². The molecule has 2 fully saturated rings. The van der Waals surface area contributed by atoms with E-state index in [1.165, 1.54) is 6.07 Å². The summed E-state index contributed by atoms with van der Waals surface area (Å²) in [6.07, 6.45) is 3.07. The molecule has 1 aromatic rings. The summed E-state index contributed by atoms with van der Waals surface area (Å²) in [5.41, 5.74) is 0.0814. The zero-order valence-corrected chi connectivity index (χ0v) is 16.0. The molecule has 1 aromatic carbocycles. The topological polar surface area (TPSA) is 48.0 Å². The van der Waals surface area contributed by atoms with Crippen molar-refractivity contribution >= 4 is 6.09 Å². The van der Waals surface area contributed by atoms with Gasteiger partial charge in [0.15, 0.2) is 0 Å². The van der Waals surface area contributed by atoms with E-state index in [-0.39, 0.29) is 36.6 Å². The minimum atomic E-state index is -2.86. The minimum absolute atomic E-state index is 0.0132. The number of rotatable bonds is 5. The van der Waals surface area contributed by atoms with Crippen molar-refractivity contribution in [3.8, 4) is 5.75 Å². The van der Waals surface area contributed by atoms with Crippen LogP contribution in [-0.2, 0) is 16.1 Å². The van der Waals surface area contributed by atoms with Crippen molar-refractivity contribution in [3.05, 3.63) is 29.8 Å². The molecular weight excluding hydrogens is 356 g/mol. The summed E-state index contributed by atoms with van der Waals surface area (Å²) in [5, 5.41) is 0. The van der Waals surface area contributed by atoms with Gasteiger partial charge in [0, 0.05) is 17.6 Å². The largest absolute Gasteiger partial charge is 0.444 e. The maximum Gasteiger partial charge on any atom is 0.410 e. The minimum Gasteiger partial charge on any atom is -0.444 e. The first-order chi connectivity index (χ1) is 12.7. The summed E-state index contributed by atoms with van der Waals surface area (Å²) in [5.74, 6) is 0.140. The van der Waals surface area contributed by atoms with Gasteiger partial charge in [-0.1, -0.05) is 18.2 Å². The zero-order chi connectivity index (χ0) is 19.6. The van der Waals surface area contributed by atoms with E-state index in [0.29, 0.717) is 5.56 Å². The predicted octanol–water partition coefficient (Wildman–Crippen LogP) is 4.74. The molecular formula is C20H27F2NO4. The highest BCUT2D eigenvalue weighted by molar-refractivity contribution is 5.69. The van der Waals surface area contributed by atoms with Crippen LogP contribution in [0.3, 0.4) is 0 Å². The third-order valence-electron chi connectivity index (χ3n) is 4.96. The fraction of sp³-hybridized carbons (Fsp3) is 0.650. The number of hydrogen-bond donors (Lipinski definition) is 0. The monoisotopic (exact) mass is 383 g/mol. The van der Waals surface area contributed by atoms with Crippen molar-refractivity contribution in [2.24, 2.45) is 0 Å². The van der Waals surface area contributed by atoms with Gasteiger partial charge in [-0.3, -0.25) is 0 Å². The smallest absolute Gasteiger partial charge is 0.410 e. The van der Waals surface area contributed by atoms with Crippen LogP contribution in [0.5, 0.6) is 5.75 Å². The third-order valence-corrected chi connectivity index (χ3v) is 4.96. The van der Waals surface area contributed by atoms with Crippen molar-refractivity contribution < 1.29 is 27.8 Å². The Morgan fingerprint density at radius 1 is 1.19 bits per heavy atom. The number of carbonyl (C=O) groups is 1. The number of ether oxygens (including phenoxy) is 3. The maximum atomic E-state index is 12.5. The third kappa shape index (κ3) is 5.09. The van der Waals surface area contributed by atoms with Gasteiger partial charge >= 0.3 is 12.7 Å². The van der Waals surface area contributed by atoms with Crippen molar-refractivity contribution in [2.45, 2.75) is 83.5 Å². The number of nitrogens with zero attached hydrogens (tertiary/aromatic N) is 1. The summed E-state index contributed by atoms with van der Waals surface area (Å²) >= 11 is 0. The molecule has 150 valence electrons. The lowest BCUT2D eigenvalue weighted by Gasteiger charge is -2.39. The lowest BCUT2D eigenvalue weighted by Crippen LogP contribution is -2.50. The normalized spacial score (nSPS) is 25.0. The first-order valence-corrected chi connectivity index (χ1v) is 9.38. The molecule has 3 atom stereocenters. The van der Waals surface area contributed by atoms with Crippen LogP contribution in [0.4, 0.5) is 13.6 Å². The first-order valence-electron chi connectivity index (χ1n) is 9.38. The number of fused-ring (bicyclic) bond motifs is 2. The fourth-order valence-electron chi connectivity index (χ4n) is 3.92. The van der Waals surface area contributed by atoms with E-state index in [4.69, 9.17) is 9.47 Å². The summed E-state index contributed by atoms with van der Waals surface area (Å²) in [6.45, 7) is 2.93. The Balaban J connectivity index is 1.57. The second-order valence-corrected chi connectivity index (χ2v) is 8.16. The molecule has 2 heterocycles. The SMILES string of the molecule is CC(C)(C)OC(=O)N1[C@@H]2CC[C@H]1C[C@@H](OCc1ccccc1OC(F)F)C2. The van der Waals surface area contributed by atoms with E-state index in [0.717, 1.165) is 25.7 Å². The van der Waals surface area contributed by atoms with Crippen LogP contribution in [0.2, 0.25) is 0 Å². The maximum absolute atomic E-state index is 12.5. The Morgan fingerprint density at radius 3 is 2.41 bits per heavy atom. The van der Waals surface area contributed by atoms with Crippen molar-refractivity contribution in [2.75, 3.05) is 0 Å². The number of alkyl halides is 2. The van der Waals surface area contributed by atoms with Gasteiger partial charge in [-0.25, -0.2) is 4.79 Å². The van der Waals surface area contributed by atoms with Crippen molar-refractivity contribution in [1.29, 1.82) is 0 Å². The predicted molar refractivity (Wildman–Crippen MR) is 95.8 cm³/mol. The number of halogens is 2. The van der Waals surface area contributed by atoms with Crippen LogP contribution < -0.4 is 4.74 Å². The molecule has 0 radical (unpaired) electrons. The van der Waals surface area contributed by atoms with Gasteiger partial charge in [-0.15, -0.1) is 0 Å². The Kier molecular flexibility index (Phi) is 5.89. The molecule has 2 aliphatic rings. The highest BCUT2D eigenvalue weighted by Gasteiger charge is 2.45. The van der Waals surface area contributed by atoms with E-state index < -0.39 is 12.2 Å². The molecule has 0 N–H and O–H groups in total. The van der Waals surface area contributed by atoms with Crippen LogP contribution in [0.1, 0.15) is 52.0 Å². The molecule has 0 spiro atoms. The number of hydrogen-bond acceptors (Lipinski definition) is 4. The van der Waals surface area contributed by atoms with E-state index >= 15 is 0 Å². The quantitative estimate of drug-likeness (QED) is 0.737. The fourth-order valence-corrected chi connectivity index (χ4v) is 3.92. The molecule has 1 amide bonds. The first kappa shape index (κ1) is 19.9. The average molecular weight is 383 g/mol. The Morgan fingerprint density at radius 2 is 1.81 bits per heavy atom. The van der Waals surface area contributed by atoms with E-state index in [1.54, 1.807) is 18.2 Å². The molecule has 0 unspecified atom stereocenters. The van der Waals surface area contributed by atoms with Gasteiger partial charge in [0.1, 0.15) is 11.4 Å². The van der Waals surface area contributed by atoms with Crippen LogP contribution in [-0.4, -0.2) is 41.4 Å². The van der Waals surface area contributed by atoms with Crippen molar-refractivity contribution in [3.63, 3.8) is 0 Å². The van der Waals surface area contributed by atoms with Gasteiger partial charge in [0.25, 0.3) is 0 Å². The highest BCUT2D eigenvalue weighted by Crippen LogP contribution is 2.38. The molecule has 2 bridgehead atoms. The molecule has 27 heavy (non-hydrogen) atoms. The number of amides is 1. The molecule has 0 aromatic heterocycles. The molecule has 2 saturated heterocycles. The highest BCUT2D eigenvalue weighted by atomic mass is 19.3. The van der Waals surface area contributed by atoms with Crippen LogP contribution in [0.25, 0.3) is 0 Å². The second-order valence-electron chi connectivity index (χ2n) is 8.16. The van der Waals surface area contributed by atoms with E-state index in [9.17, 15) is 13.6 Å². The van der Waals surface area contributed by atoms with Gasteiger partial charge in [0.2, 0.25) is 0 Å². The second kappa shape index (κ2) is 8.00. The van der Waals surface area contributed by atoms with Gasteiger partial charge in [-0.2, -0.15) is 8.78 Å². The van der Waals surface area contributed by atoms with Crippen LogP contribution in [0, 0.1) is 0 Å². The van der Waals surface area contributed by atoms with Gasteiger partial charge in [0.05, 0.1) is 12.7 Å². The Labute approximate surface area is 158 Å². The summed E-state index contributed by atoms with van der Waals surface area (Å²) in [7, 11) is 0. The van der Waals surface area contributed by atoms with Crippen LogP contribution in [0.15, 0.2) is 24.3 Å². The standard InChI is InChI=1S/C20H27F2NO4/c1-20(2,3)27-19(24)23-14-8-9-15(23)11-16(10-14)25-12-13-6-4-5-7-17(13)26-18(21)22/h4-7,14-16,18H,8-12H2,1-3H3/t14-,15+,16+. The lowest BCUT2D eigenvalue weighted by atomic mass is 10.00. The molecule has 7 heteroatoms. The zero-order valence-electron chi connectivity index (χ0n) is 16.0. The molecule has 0 saturated carbocycles. The Bertz CT molecular complexity index is 648. The molecule has 3 rings (SSSR count). The summed E-state index contributed by atoms with van der Waals surface area (Å²) < 4.78 is 41.1. The average Bonchev–Trinajstić information content (AvgIpc) is 2.83. The number of benzene rings is 1. The van der Waals surface area contributed by atoms with Crippen LogP contribution >= 0.6 is 0 Å². The Hall–Kier alpha value is -1.89. The van der Waals surface area contributed by atoms with Crippen molar-refractivity contribution in [1.82, 2.24) is 4.90 Å². The van der Waals surface area contributed by atoms with Gasteiger partial charge < -0.3 is 19.1 Å². The molecule has 0 aliphatic carbocycles. The van der Waals surface area contributed by atoms with Gasteiger partial charge in [-0.05, 0) is 52.5 Å². The summed E-state index contributed by atoms with van der Waals surface area (Å²) in [6, 6.07) is 6.88. The number of carbonyl (C=O) groups excluding carboxylic acids is 1. The molecule has 2 aliphatic heterocycles. The molecule has 5 nitrogen and oxygen atoms in total. The number of para-hydroxylation sites is 1. The number of piperidine rings is 1.